The van der Waals surface area contributed by atoms with Crippen molar-refractivity contribution in [3.05, 3.63) is 35.9 Å². The molecule has 1 heterocycles. The molecule has 1 aliphatic rings. The second-order valence-corrected chi connectivity index (χ2v) is 8.11. The molecule has 0 saturated carbocycles. The summed E-state index contributed by atoms with van der Waals surface area (Å²) in [4.78, 5) is 26.4. The Morgan fingerprint density at radius 1 is 1.19 bits per heavy atom. The van der Waals surface area contributed by atoms with Gasteiger partial charge in [0.15, 0.2) is 6.17 Å². The first-order chi connectivity index (χ1) is 12.9. The molecule has 10 heteroatoms. The van der Waals surface area contributed by atoms with Crippen LogP contribution < -0.4 is 16.4 Å². The lowest BCUT2D eigenvalue weighted by Gasteiger charge is -2.41. The van der Waals surface area contributed by atoms with E-state index in [1.54, 1.807) is 37.3 Å². The molecular formula is C17H27N5O4S. The number of carbonyl (C=O) groups excluding carboxylic acids is 2. The summed E-state index contributed by atoms with van der Waals surface area (Å²) in [5.74, 6) is -0.791. The van der Waals surface area contributed by atoms with Crippen molar-refractivity contribution in [2.45, 2.75) is 25.3 Å². The maximum Gasteiger partial charge on any atom is 0.319 e. The Hall–Kier alpha value is -2.17. The van der Waals surface area contributed by atoms with Gasteiger partial charge in [-0.3, -0.25) is 9.69 Å². The van der Waals surface area contributed by atoms with E-state index in [0.717, 1.165) is 4.31 Å². The smallest absolute Gasteiger partial charge is 0.319 e. The average molecular weight is 398 g/mol. The zero-order valence-electron chi connectivity index (χ0n) is 15.4. The third kappa shape index (κ3) is 5.41. The van der Waals surface area contributed by atoms with E-state index in [1.807, 2.05) is 0 Å². The van der Waals surface area contributed by atoms with Crippen molar-refractivity contribution in [1.29, 1.82) is 0 Å². The van der Waals surface area contributed by atoms with Gasteiger partial charge in [0.05, 0.1) is 5.75 Å². The van der Waals surface area contributed by atoms with Crippen molar-refractivity contribution in [2.24, 2.45) is 5.73 Å². The molecule has 1 aromatic rings. The monoisotopic (exact) mass is 397 g/mol. The Balaban J connectivity index is 2.31. The normalized spacial score (nSPS) is 18.1. The van der Waals surface area contributed by atoms with Gasteiger partial charge in [0.1, 0.15) is 0 Å². The van der Waals surface area contributed by atoms with Crippen LogP contribution in [-0.4, -0.2) is 68.5 Å². The summed E-state index contributed by atoms with van der Waals surface area (Å²) in [7, 11) is -3.82. The SMILES string of the molecule is CCNC(=O)N1CCCN(S(=O)(=O)Cc2ccccc2)C1C(=O)NCCN. The summed E-state index contributed by atoms with van der Waals surface area (Å²) in [5, 5.41) is 5.24. The molecule has 1 aliphatic heterocycles. The summed E-state index contributed by atoms with van der Waals surface area (Å²) >= 11 is 0. The molecule has 9 nitrogen and oxygen atoms in total. The lowest BCUT2D eigenvalue weighted by molar-refractivity contribution is -0.130. The fourth-order valence-electron chi connectivity index (χ4n) is 2.98. The maximum absolute atomic E-state index is 13.0. The summed E-state index contributed by atoms with van der Waals surface area (Å²) in [6.45, 7) is 3.02. The van der Waals surface area contributed by atoms with Crippen molar-refractivity contribution < 1.29 is 18.0 Å². The van der Waals surface area contributed by atoms with Gasteiger partial charge < -0.3 is 16.4 Å². The van der Waals surface area contributed by atoms with Gasteiger partial charge in [-0.2, -0.15) is 4.31 Å². The summed E-state index contributed by atoms with van der Waals surface area (Å²) < 4.78 is 27.2. The molecule has 1 saturated heterocycles. The largest absolute Gasteiger partial charge is 0.352 e. The number of nitrogens with one attached hydrogen (secondary N) is 2. The van der Waals surface area contributed by atoms with Crippen molar-refractivity contribution in [1.82, 2.24) is 19.8 Å². The van der Waals surface area contributed by atoms with Gasteiger partial charge in [-0.05, 0) is 18.9 Å². The Labute approximate surface area is 159 Å². The van der Waals surface area contributed by atoms with Gasteiger partial charge in [0.2, 0.25) is 10.0 Å². The summed E-state index contributed by atoms with van der Waals surface area (Å²) in [6, 6.07) is 8.28. The van der Waals surface area contributed by atoms with Crippen LogP contribution in [0.5, 0.6) is 0 Å². The van der Waals surface area contributed by atoms with Crippen molar-refractivity contribution in [3.8, 4) is 0 Å². The molecule has 4 N–H and O–H groups in total. The fourth-order valence-corrected chi connectivity index (χ4v) is 4.68. The van der Waals surface area contributed by atoms with Crippen LogP contribution >= 0.6 is 0 Å². The average Bonchev–Trinajstić information content (AvgIpc) is 2.66. The molecule has 0 aliphatic carbocycles. The maximum atomic E-state index is 13.0. The zero-order valence-corrected chi connectivity index (χ0v) is 16.2. The van der Waals surface area contributed by atoms with Crippen LogP contribution in [-0.2, 0) is 20.6 Å². The van der Waals surface area contributed by atoms with E-state index < -0.39 is 28.1 Å². The van der Waals surface area contributed by atoms with Crippen LogP contribution in [0.1, 0.15) is 18.9 Å². The molecule has 3 amide bonds. The number of urea groups is 1. The highest BCUT2D eigenvalue weighted by molar-refractivity contribution is 7.88. The molecule has 0 spiro atoms. The van der Waals surface area contributed by atoms with E-state index in [0.29, 0.717) is 25.1 Å². The number of rotatable bonds is 7. The van der Waals surface area contributed by atoms with Gasteiger partial charge in [0.25, 0.3) is 5.91 Å². The number of nitrogens with two attached hydrogens (primary N) is 1. The van der Waals surface area contributed by atoms with E-state index in [2.05, 4.69) is 10.6 Å². The predicted molar refractivity (Wildman–Crippen MR) is 102 cm³/mol. The number of benzene rings is 1. The van der Waals surface area contributed by atoms with Crippen LogP contribution in [0, 0.1) is 0 Å². The number of carbonyl (C=O) groups is 2. The van der Waals surface area contributed by atoms with Gasteiger partial charge in [-0.1, -0.05) is 30.3 Å². The van der Waals surface area contributed by atoms with Crippen LogP contribution in [0.15, 0.2) is 30.3 Å². The molecule has 1 unspecified atom stereocenters. The van der Waals surface area contributed by atoms with E-state index in [9.17, 15) is 18.0 Å². The Morgan fingerprint density at radius 2 is 1.89 bits per heavy atom. The van der Waals surface area contributed by atoms with Gasteiger partial charge >= 0.3 is 6.03 Å². The van der Waals surface area contributed by atoms with E-state index in [4.69, 9.17) is 5.73 Å². The molecule has 1 atom stereocenters. The lowest BCUT2D eigenvalue weighted by Crippen LogP contribution is -2.65. The third-order valence-corrected chi connectivity index (χ3v) is 5.96. The molecule has 0 radical (unpaired) electrons. The summed E-state index contributed by atoms with van der Waals surface area (Å²) in [5.41, 5.74) is 6.05. The molecule has 150 valence electrons. The summed E-state index contributed by atoms with van der Waals surface area (Å²) in [6.07, 6.45) is -0.781. The highest BCUT2D eigenvalue weighted by Crippen LogP contribution is 2.22. The standard InChI is InChI=1S/C17H27N5O4S/c1-2-19-17(24)21-11-6-12-22(16(21)15(23)20-10-9-18)27(25,26)13-14-7-4-3-5-8-14/h3-5,7-8,16H,2,6,9-13,18H2,1H3,(H,19,24)(H,20,23). The number of amides is 3. The van der Waals surface area contributed by atoms with E-state index in [-0.39, 0.29) is 25.4 Å². The van der Waals surface area contributed by atoms with Crippen molar-refractivity contribution >= 4 is 22.0 Å². The van der Waals surface area contributed by atoms with Gasteiger partial charge in [-0.25, -0.2) is 13.2 Å². The molecule has 0 bridgehead atoms. The minimum absolute atomic E-state index is 0.172. The van der Waals surface area contributed by atoms with Crippen LogP contribution in [0.4, 0.5) is 4.79 Å². The minimum atomic E-state index is -3.82. The minimum Gasteiger partial charge on any atom is -0.352 e. The Bertz CT molecular complexity index is 741. The first-order valence-electron chi connectivity index (χ1n) is 8.96. The molecule has 27 heavy (non-hydrogen) atoms. The van der Waals surface area contributed by atoms with Crippen molar-refractivity contribution in [3.63, 3.8) is 0 Å². The Kier molecular flexibility index (Phi) is 7.57. The molecule has 1 fully saturated rings. The number of hydrogen-bond acceptors (Lipinski definition) is 5. The highest BCUT2D eigenvalue weighted by Gasteiger charge is 2.43. The van der Waals surface area contributed by atoms with E-state index >= 15 is 0 Å². The third-order valence-electron chi connectivity index (χ3n) is 4.16. The molecule has 2 rings (SSSR count). The van der Waals surface area contributed by atoms with E-state index in [1.165, 1.54) is 4.90 Å². The number of sulfonamides is 1. The van der Waals surface area contributed by atoms with Gasteiger partial charge in [-0.15, -0.1) is 0 Å². The highest BCUT2D eigenvalue weighted by atomic mass is 32.2. The number of nitrogens with zero attached hydrogens (tertiary/aromatic N) is 2. The Morgan fingerprint density at radius 3 is 2.52 bits per heavy atom. The predicted octanol–water partition coefficient (Wildman–Crippen LogP) is -0.345. The van der Waals surface area contributed by atoms with Crippen molar-refractivity contribution in [2.75, 3.05) is 32.7 Å². The second kappa shape index (κ2) is 9.67. The second-order valence-electron chi connectivity index (χ2n) is 6.19. The molecular weight excluding hydrogens is 370 g/mol. The molecule has 0 aromatic heterocycles. The first-order valence-corrected chi connectivity index (χ1v) is 10.6. The van der Waals surface area contributed by atoms with Crippen LogP contribution in [0.2, 0.25) is 0 Å². The quantitative estimate of drug-likeness (QED) is 0.580. The van der Waals surface area contributed by atoms with Crippen LogP contribution in [0.3, 0.4) is 0 Å². The number of hydrogen-bond donors (Lipinski definition) is 3. The fraction of sp³-hybridized carbons (Fsp3) is 0.529. The lowest BCUT2D eigenvalue weighted by atomic mass is 10.2. The topological polar surface area (TPSA) is 125 Å². The molecule has 1 aromatic carbocycles. The van der Waals surface area contributed by atoms with Gasteiger partial charge in [0, 0.05) is 32.7 Å². The van der Waals surface area contributed by atoms with Crippen LogP contribution in [0.25, 0.3) is 0 Å². The zero-order chi connectivity index (χ0) is 19.9. The first kappa shape index (κ1) is 21.1.